The van der Waals surface area contributed by atoms with E-state index in [1.807, 2.05) is 0 Å². The van der Waals surface area contributed by atoms with Crippen LogP contribution in [-0.4, -0.2) is 18.8 Å². The topological polar surface area (TPSA) is 9.23 Å². The summed E-state index contributed by atoms with van der Waals surface area (Å²) in [5.74, 6) is 0. The first-order valence-corrected chi connectivity index (χ1v) is 14.6. The van der Waals surface area contributed by atoms with Crippen LogP contribution in [0.4, 0.5) is 0 Å². The second kappa shape index (κ2) is 17.2. The van der Waals surface area contributed by atoms with Crippen molar-refractivity contribution in [2.24, 2.45) is 0 Å². The van der Waals surface area contributed by atoms with Gasteiger partial charge in [-0.2, -0.15) is 0 Å². The molecule has 0 fully saturated rings. The Balaban J connectivity index is 3.05. The smallest absolute Gasteiger partial charge is 0.172 e. The Bertz CT molecular complexity index is 232. The summed E-state index contributed by atoms with van der Waals surface area (Å²) in [7, 11) is -0.293. The highest BCUT2D eigenvalue weighted by Crippen LogP contribution is 2.17. The lowest BCUT2D eigenvalue weighted by Crippen LogP contribution is -2.28. The number of hydrogen-bond acceptors (Lipinski definition) is 1. The Labute approximate surface area is 152 Å². The Kier molecular flexibility index (Phi) is 17.5. The first kappa shape index (κ1) is 23.4. The summed E-state index contributed by atoms with van der Waals surface area (Å²) in [6.07, 6.45) is 23.3. The van der Waals surface area contributed by atoms with Gasteiger partial charge in [0.25, 0.3) is 0 Å². The van der Waals surface area contributed by atoms with E-state index >= 15 is 0 Å². The molecule has 0 atom stereocenters. The minimum atomic E-state index is -1.22. The Hall–Kier alpha value is 0.394. The zero-order valence-corrected chi connectivity index (χ0v) is 19.9. The molecule has 0 saturated carbocycles. The SMILES string of the molecule is CCCCCCCCCCCCCCCCCC[Si](C)(C)O[SiH3]. The van der Waals surface area contributed by atoms with Crippen molar-refractivity contribution in [3.8, 4) is 0 Å². The average molecular weight is 359 g/mol. The quantitative estimate of drug-likeness (QED) is 0.194. The van der Waals surface area contributed by atoms with Crippen molar-refractivity contribution in [2.75, 3.05) is 0 Å². The summed E-state index contributed by atoms with van der Waals surface area (Å²) in [5, 5.41) is 0. The van der Waals surface area contributed by atoms with E-state index in [0.29, 0.717) is 0 Å². The van der Waals surface area contributed by atoms with E-state index < -0.39 is 8.32 Å². The van der Waals surface area contributed by atoms with Gasteiger partial charge in [-0.1, -0.05) is 110 Å². The lowest BCUT2D eigenvalue weighted by molar-refractivity contribution is 0.529. The van der Waals surface area contributed by atoms with Gasteiger partial charge in [0.15, 0.2) is 8.32 Å². The van der Waals surface area contributed by atoms with Crippen LogP contribution in [0.2, 0.25) is 19.1 Å². The number of hydrogen-bond donors (Lipinski definition) is 0. The summed E-state index contributed by atoms with van der Waals surface area (Å²) in [6.45, 7) is 7.03. The van der Waals surface area contributed by atoms with Gasteiger partial charge in [-0.15, -0.1) is 0 Å². The van der Waals surface area contributed by atoms with Gasteiger partial charge in [0, 0.05) is 0 Å². The van der Waals surface area contributed by atoms with Gasteiger partial charge in [0.1, 0.15) is 10.5 Å². The molecule has 140 valence electrons. The fourth-order valence-electron chi connectivity index (χ4n) is 3.20. The summed E-state index contributed by atoms with van der Waals surface area (Å²) in [6, 6.07) is 1.37. The third-order valence-corrected chi connectivity index (χ3v) is 11.2. The standard InChI is InChI=1S/C20H46OSi2/c1-4-5-6-7-8-9-10-11-12-13-14-15-16-17-18-19-20-23(2,3)21-22/h4-20H2,1-3,22H3. The molecule has 1 nitrogen and oxygen atoms in total. The van der Waals surface area contributed by atoms with Gasteiger partial charge < -0.3 is 4.12 Å². The fraction of sp³-hybridized carbons (Fsp3) is 1.00. The first-order valence-electron chi connectivity index (χ1n) is 10.7. The van der Waals surface area contributed by atoms with Gasteiger partial charge in [0.2, 0.25) is 0 Å². The van der Waals surface area contributed by atoms with E-state index in [0.717, 1.165) is 10.5 Å². The lowest BCUT2D eigenvalue weighted by Gasteiger charge is -2.20. The molecule has 0 N–H and O–H groups in total. The molecule has 0 aromatic rings. The molecule has 0 rings (SSSR count). The highest BCUT2D eigenvalue weighted by Gasteiger charge is 2.18. The normalized spacial score (nSPS) is 12.1. The van der Waals surface area contributed by atoms with E-state index in [-0.39, 0.29) is 0 Å². The molecule has 0 spiro atoms. The Morgan fingerprint density at radius 2 is 0.870 bits per heavy atom. The lowest BCUT2D eigenvalue weighted by atomic mass is 10.0. The molecule has 0 aromatic carbocycles. The summed E-state index contributed by atoms with van der Waals surface area (Å²) >= 11 is 0. The molecule has 3 heteroatoms. The van der Waals surface area contributed by atoms with Crippen LogP contribution in [0.1, 0.15) is 110 Å². The van der Waals surface area contributed by atoms with Gasteiger partial charge in [-0.05, 0) is 19.1 Å². The van der Waals surface area contributed by atoms with Crippen LogP contribution in [0.5, 0.6) is 0 Å². The van der Waals surface area contributed by atoms with Crippen LogP contribution < -0.4 is 0 Å². The van der Waals surface area contributed by atoms with Gasteiger partial charge in [-0.25, -0.2) is 0 Å². The largest absolute Gasteiger partial charge is 0.463 e. The minimum absolute atomic E-state index is 0.930. The molecule has 0 aliphatic carbocycles. The Morgan fingerprint density at radius 1 is 0.565 bits per heavy atom. The van der Waals surface area contributed by atoms with Gasteiger partial charge >= 0.3 is 0 Å². The monoisotopic (exact) mass is 358 g/mol. The van der Waals surface area contributed by atoms with Crippen molar-refractivity contribution in [1.82, 2.24) is 0 Å². The highest BCUT2D eigenvalue weighted by molar-refractivity contribution is 6.73. The molecule has 0 unspecified atom stereocenters. The van der Waals surface area contributed by atoms with Crippen molar-refractivity contribution in [2.45, 2.75) is 129 Å². The van der Waals surface area contributed by atoms with Crippen LogP contribution in [0, 0.1) is 0 Å². The molecule has 0 amide bonds. The minimum Gasteiger partial charge on any atom is -0.463 e. The van der Waals surface area contributed by atoms with Crippen molar-refractivity contribution in [3.63, 3.8) is 0 Å². The highest BCUT2D eigenvalue weighted by atomic mass is 28.4. The first-order chi connectivity index (χ1) is 11.1. The van der Waals surface area contributed by atoms with Crippen molar-refractivity contribution in [3.05, 3.63) is 0 Å². The maximum absolute atomic E-state index is 5.74. The molecule has 23 heavy (non-hydrogen) atoms. The molecule has 0 aromatic heterocycles. The number of unbranched alkanes of at least 4 members (excludes halogenated alkanes) is 15. The van der Waals surface area contributed by atoms with E-state index in [1.165, 1.54) is 109 Å². The predicted molar refractivity (Wildman–Crippen MR) is 113 cm³/mol. The summed E-state index contributed by atoms with van der Waals surface area (Å²) in [4.78, 5) is 0. The second-order valence-corrected chi connectivity index (χ2v) is 13.7. The molecule has 0 aliphatic rings. The summed E-state index contributed by atoms with van der Waals surface area (Å²) in [5.41, 5.74) is 0. The van der Waals surface area contributed by atoms with Crippen molar-refractivity contribution >= 4 is 18.8 Å². The molecule has 0 radical (unpaired) electrons. The van der Waals surface area contributed by atoms with Crippen LogP contribution >= 0.6 is 0 Å². The van der Waals surface area contributed by atoms with Gasteiger partial charge in [-0.3, -0.25) is 0 Å². The zero-order valence-electron chi connectivity index (χ0n) is 16.9. The third-order valence-electron chi connectivity index (χ3n) is 5.18. The van der Waals surface area contributed by atoms with Crippen LogP contribution in [-0.2, 0) is 4.12 Å². The molecule has 0 bridgehead atoms. The van der Waals surface area contributed by atoms with Gasteiger partial charge in [0.05, 0.1) is 0 Å². The maximum Gasteiger partial charge on any atom is 0.172 e. The average Bonchev–Trinajstić information content (AvgIpc) is 2.54. The predicted octanol–water partition coefficient (Wildman–Crippen LogP) is 6.75. The second-order valence-electron chi connectivity index (χ2n) is 8.02. The van der Waals surface area contributed by atoms with Crippen molar-refractivity contribution in [1.29, 1.82) is 0 Å². The van der Waals surface area contributed by atoms with E-state index in [4.69, 9.17) is 4.12 Å². The third kappa shape index (κ3) is 18.6. The molecule has 0 saturated heterocycles. The van der Waals surface area contributed by atoms with E-state index in [2.05, 4.69) is 20.0 Å². The number of rotatable bonds is 18. The Morgan fingerprint density at radius 3 is 1.17 bits per heavy atom. The van der Waals surface area contributed by atoms with Crippen LogP contribution in [0.3, 0.4) is 0 Å². The summed E-state index contributed by atoms with van der Waals surface area (Å²) < 4.78 is 5.74. The van der Waals surface area contributed by atoms with E-state index in [1.54, 1.807) is 0 Å². The zero-order chi connectivity index (χ0) is 17.2. The molecule has 0 heterocycles. The van der Waals surface area contributed by atoms with Crippen LogP contribution in [0.15, 0.2) is 0 Å². The van der Waals surface area contributed by atoms with Crippen molar-refractivity contribution < 1.29 is 4.12 Å². The molecular formula is C20H46OSi2. The van der Waals surface area contributed by atoms with Crippen LogP contribution in [0.25, 0.3) is 0 Å². The van der Waals surface area contributed by atoms with E-state index in [9.17, 15) is 0 Å². The maximum atomic E-state index is 5.74. The molecular weight excluding hydrogens is 312 g/mol. The molecule has 0 aliphatic heterocycles. The fourth-order valence-corrected chi connectivity index (χ4v) is 5.12.